The van der Waals surface area contributed by atoms with Gasteiger partial charge in [0, 0.05) is 16.7 Å². The second kappa shape index (κ2) is 8.56. The second-order valence-electron chi connectivity index (χ2n) is 4.48. The molecule has 3 N–H and O–H groups in total. The summed E-state index contributed by atoms with van der Waals surface area (Å²) >= 11 is 1.91. The third kappa shape index (κ3) is 6.71. The van der Waals surface area contributed by atoms with Crippen LogP contribution in [0.2, 0.25) is 0 Å². The molecule has 0 atom stereocenters. The smallest absolute Gasteiger partial charge is 0.0205 e. The Morgan fingerprint density at radius 1 is 1.18 bits per heavy atom. The van der Waals surface area contributed by atoms with Crippen molar-refractivity contribution in [2.45, 2.75) is 43.4 Å². The van der Waals surface area contributed by atoms with Gasteiger partial charge in [-0.1, -0.05) is 26.0 Å². The maximum atomic E-state index is 5.45. The lowest BCUT2D eigenvalue weighted by Crippen LogP contribution is -2.15. The Kier molecular flexibility index (Phi) is 7.33. The number of hydrogen-bond acceptors (Lipinski definition) is 3. The normalized spacial score (nSPS) is 11.1. The molecule has 1 rings (SSSR count). The summed E-state index contributed by atoms with van der Waals surface area (Å²) in [5.74, 6) is 0. The SMILES string of the molecule is CC(C)Sc1ccc(CNCCCCN)cc1. The van der Waals surface area contributed by atoms with Crippen molar-refractivity contribution in [2.24, 2.45) is 5.73 Å². The van der Waals surface area contributed by atoms with Gasteiger partial charge in [-0.3, -0.25) is 0 Å². The van der Waals surface area contributed by atoms with E-state index in [9.17, 15) is 0 Å². The number of nitrogens with two attached hydrogens (primary N) is 1. The van der Waals surface area contributed by atoms with Crippen molar-refractivity contribution < 1.29 is 0 Å². The number of thioether (sulfide) groups is 1. The van der Waals surface area contributed by atoms with Gasteiger partial charge in [-0.15, -0.1) is 11.8 Å². The molecular formula is C14H24N2S. The Morgan fingerprint density at radius 2 is 1.88 bits per heavy atom. The summed E-state index contributed by atoms with van der Waals surface area (Å²) in [6.45, 7) is 7.24. The molecule has 0 aliphatic heterocycles. The first-order valence-corrected chi connectivity index (χ1v) is 7.26. The van der Waals surface area contributed by atoms with E-state index in [1.165, 1.54) is 10.5 Å². The summed E-state index contributed by atoms with van der Waals surface area (Å²) < 4.78 is 0. The fourth-order valence-corrected chi connectivity index (χ4v) is 2.42. The van der Waals surface area contributed by atoms with Gasteiger partial charge in [0.2, 0.25) is 0 Å². The van der Waals surface area contributed by atoms with Crippen LogP contribution >= 0.6 is 11.8 Å². The van der Waals surface area contributed by atoms with Gasteiger partial charge < -0.3 is 11.1 Å². The lowest BCUT2D eigenvalue weighted by molar-refractivity contribution is 0.627. The number of benzene rings is 1. The molecule has 0 aromatic heterocycles. The van der Waals surface area contributed by atoms with Gasteiger partial charge in [0.15, 0.2) is 0 Å². The van der Waals surface area contributed by atoms with E-state index in [2.05, 4.69) is 43.4 Å². The summed E-state index contributed by atoms with van der Waals surface area (Å²) in [5.41, 5.74) is 6.80. The fourth-order valence-electron chi connectivity index (χ4n) is 1.59. The topological polar surface area (TPSA) is 38.0 Å². The monoisotopic (exact) mass is 252 g/mol. The van der Waals surface area contributed by atoms with Crippen LogP contribution in [0, 0.1) is 0 Å². The van der Waals surface area contributed by atoms with E-state index < -0.39 is 0 Å². The minimum absolute atomic E-state index is 0.648. The summed E-state index contributed by atoms with van der Waals surface area (Å²) in [6, 6.07) is 8.84. The van der Waals surface area contributed by atoms with Gasteiger partial charge in [-0.2, -0.15) is 0 Å². The van der Waals surface area contributed by atoms with Crippen molar-refractivity contribution in [1.29, 1.82) is 0 Å². The molecule has 0 fully saturated rings. The summed E-state index contributed by atoms with van der Waals surface area (Å²) in [6.07, 6.45) is 2.27. The third-order valence-corrected chi connectivity index (χ3v) is 3.45. The molecule has 1 aromatic rings. The molecule has 17 heavy (non-hydrogen) atoms. The predicted molar refractivity (Wildman–Crippen MR) is 77.4 cm³/mol. The number of rotatable bonds is 8. The standard InChI is InChI=1S/C14H24N2S/c1-12(2)17-14-7-5-13(6-8-14)11-16-10-4-3-9-15/h5-8,12,16H,3-4,9-11,15H2,1-2H3. The average Bonchev–Trinajstić information content (AvgIpc) is 2.30. The minimum atomic E-state index is 0.648. The van der Waals surface area contributed by atoms with Gasteiger partial charge in [0.25, 0.3) is 0 Å². The summed E-state index contributed by atoms with van der Waals surface area (Å²) in [4.78, 5) is 1.35. The number of unbranched alkanes of at least 4 members (excludes halogenated alkanes) is 1. The zero-order valence-corrected chi connectivity index (χ0v) is 11.7. The molecule has 2 nitrogen and oxygen atoms in total. The molecule has 0 radical (unpaired) electrons. The molecule has 0 aliphatic carbocycles. The highest BCUT2D eigenvalue weighted by Gasteiger charge is 1.98. The number of hydrogen-bond donors (Lipinski definition) is 2. The van der Waals surface area contributed by atoms with E-state index >= 15 is 0 Å². The molecule has 0 saturated carbocycles. The fraction of sp³-hybridized carbons (Fsp3) is 0.571. The van der Waals surface area contributed by atoms with E-state index in [1.807, 2.05) is 11.8 Å². The van der Waals surface area contributed by atoms with Crippen LogP contribution in [0.1, 0.15) is 32.3 Å². The van der Waals surface area contributed by atoms with E-state index in [4.69, 9.17) is 5.73 Å². The van der Waals surface area contributed by atoms with Crippen LogP contribution in [-0.4, -0.2) is 18.3 Å². The van der Waals surface area contributed by atoms with Crippen molar-refractivity contribution >= 4 is 11.8 Å². The zero-order valence-electron chi connectivity index (χ0n) is 10.9. The molecule has 0 amide bonds. The largest absolute Gasteiger partial charge is 0.330 e. The lowest BCUT2D eigenvalue weighted by atomic mass is 10.2. The third-order valence-electron chi connectivity index (χ3n) is 2.43. The number of nitrogens with one attached hydrogen (secondary N) is 1. The molecular weight excluding hydrogens is 228 g/mol. The zero-order chi connectivity index (χ0) is 12.5. The van der Waals surface area contributed by atoms with Crippen molar-refractivity contribution in [1.82, 2.24) is 5.32 Å². The first kappa shape index (κ1) is 14.6. The van der Waals surface area contributed by atoms with Gasteiger partial charge in [-0.05, 0) is 43.6 Å². The van der Waals surface area contributed by atoms with Crippen molar-refractivity contribution in [3.8, 4) is 0 Å². The Hall–Kier alpha value is -0.510. The highest BCUT2D eigenvalue weighted by Crippen LogP contribution is 2.22. The minimum Gasteiger partial charge on any atom is -0.330 e. The maximum absolute atomic E-state index is 5.45. The van der Waals surface area contributed by atoms with Crippen molar-refractivity contribution in [2.75, 3.05) is 13.1 Å². The quantitative estimate of drug-likeness (QED) is 0.552. The van der Waals surface area contributed by atoms with Crippen LogP contribution in [0.3, 0.4) is 0 Å². The second-order valence-corrected chi connectivity index (χ2v) is 6.13. The molecule has 0 saturated heterocycles. The van der Waals surface area contributed by atoms with Crippen LogP contribution in [0.25, 0.3) is 0 Å². The van der Waals surface area contributed by atoms with Crippen LogP contribution in [0.5, 0.6) is 0 Å². The van der Waals surface area contributed by atoms with Gasteiger partial charge >= 0.3 is 0 Å². The Morgan fingerprint density at radius 3 is 2.47 bits per heavy atom. The van der Waals surface area contributed by atoms with Gasteiger partial charge in [0.05, 0.1) is 0 Å². The molecule has 3 heteroatoms. The first-order valence-electron chi connectivity index (χ1n) is 6.38. The molecule has 0 bridgehead atoms. The highest BCUT2D eigenvalue weighted by atomic mass is 32.2. The molecule has 0 heterocycles. The van der Waals surface area contributed by atoms with Crippen molar-refractivity contribution in [3.05, 3.63) is 29.8 Å². The Bertz CT molecular complexity index is 296. The molecule has 0 unspecified atom stereocenters. The molecule has 1 aromatic carbocycles. The molecule has 96 valence electrons. The summed E-state index contributed by atoms with van der Waals surface area (Å²) in [7, 11) is 0. The Balaban J connectivity index is 2.25. The van der Waals surface area contributed by atoms with Crippen LogP contribution in [0.4, 0.5) is 0 Å². The first-order chi connectivity index (χ1) is 8.22. The van der Waals surface area contributed by atoms with E-state index in [1.54, 1.807) is 0 Å². The summed E-state index contributed by atoms with van der Waals surface area (Å²) in [5, 5.41) is 4.08. The Labute approximate surface area is 109 Å². The van der Waals surface area contributed by atoms with Crippen LogP contribution in [0.15, 0.2) is 29.2 Å². The van der Waals surface area contributed by atoms with Crippen LogP contribution < -0.4 is 11.1 Å². The molecule has 0 aliphatic rings. The van der Waals surface area contributed by atoms with Crippen molar-refractivity contribution in [3.63, 3.8) is 0 Å². The van der Waals surface area contributed by atoms with Gasteiger partial charge in [0.1, 0.15) is 0 Å². The van der Waals surface area contributed by atoms with Crippen LogP contribution in [-0.2, 0) is 6.54 Å². The average molecular weight is 252 g/mol. The lowest BCUT2D eigenvalue weighted by Gasteiger charge is -2.07. The van der Waals surface area contributed by atoms with E-state index in [0.717, 1.165) is 32.5 Å². The van der Waals surface area contributed by atoms with E-state index in [0.29, 0.717) is 5.25 Å². The maximum Gasteiger partial charge on any atom is 0.0205 e. The predicted octanol–water partition coefficient (Wildman–Crippen LogP) is 3.02. The highest BCUT2D eigenvalue weighted by molar-refractivity contribution is 7.99. The molecule has 0 spiro atoms. The van der Waals surface area contributed by atoms with Gasteiger partial charge in [-0.25, -0.2) is 0 Å². The van der Waals surface area contributed by atoms with E-state index in [-0.39, 0.29) is 0 Å².